The van der Waals surface area contributed by atoms with Gasteiger partial charge in [0.15, 0.2) is 0 Å². The fraction of sp³-hybridized carbons (Fsp3) is 0.375. The van der Waals surface area contributed by atoms with E-state index in [0.29, 0.717) is 23.8 Å². The molecule has 10 heteroatoms. The lowest BCUT2D eigenvalue weighted by molar-refractivity contribution is -0.137. The fourth-order valence-electron chi connectivity index (χ4n) is 3.86. The Hall–Kier alpha value is -3.42. The number of piperazine rings is 1. The monoisotopic (exact) mass is 471 g/mol. The third-order valence-corrected chi connectivity index (χ3v) is 5.87. The van der Waals surface area contributed by atoms with Crippen LogP contribution in [-0.2, 0) is 6.18 Å². The smallest absolute Gasteiger partial charge is 0.416 e. The van der Waals surface area contributed by atoms with E-state index in [9.17, 15) is 13.2 Å². The average Bonchev–Trinajstić information content (AvgIpc) is 3.34. The Bertz CT molecular complexity index is 1150. The quantitative estimate of drug-likeness (QED) is 0.506. The molecule has 2 heterocycles. The van der Waals surface area contributed by atoms with Crippen molar-refractivity contribution in [1.82, 2.24) is 19.9 Å². The molecule has 1 atom stereocenters. The summed E-state index contributed by atoms with van der Waals surface area (Å²) >= 11 is 0. The summed E-state index contributed by atoms with van der Waals surface area (Å²) in [6, 6.07) is 14.0. The van der Waals surface area contributed by atoms with Gasteiger partial charge >= 0.3 is 6.18 Å². The number of aromatic nitrogens is 2. The van der Waals surface area contributed by atoms with E-state index in [4.69, 9.17) is 14.5 Å². The van der Waals surface area contributed by atoms with Crippen LogP contribution in [0.25, 0.3) is 11.4 Å². The highest BCUT2D eigenvalue weighted by molar-refractivity contribution is 5.55. The minimum atomic E-state index is -4.43. The van der Waals surface area contributed by atoms with Gasteiger partial charge in [0, 0.05) is 38.3 Å². The fourth-order valence-corrected chi connectivity index (χ4v) is 3.86. The van der Waals surface area contributed by atoms with Gasteiger partial charge in [-0.3, -0.25) is 9.80 Å². The zero-order valence-corrected chi connectivity index (χ0v) is 18.6. The predicted octanol–water partition coefficient (Wildman–Crippen LogP) is 4.38. The van der Waals surface area contributed by atoms with E-state index in [2.05, 4.69) is 26.0 Å². The third-order valence-electron chi connectivity index (χ3n) is 5.87. The Balaban J connectivity index is 1.29. The van der Waals surface area contributed by atoms with Crippen molar-refractivity contribution in [3.8, 4) is 23.2 Å². The Morgan fingerprint density at radius 3 is 2.62 bits per heavy atom. The molecule has 1 aliphatic heterocycles. The minimum Gasteiger partial charge on any atom is -0.491 e. The Morgan fingerprint density at radius 1 is 1.12 bits per heavy atom. The second kappa shape index (κ2) is 10.2. The van der Waals surface area contributed by atoms with E-state index < -0.39 is 11.7 Å². The van der Waals surface area contributed by atoms with Gasteiger partial charge in [-0.05, 0) is 31.2 Å². The number of alkyl halides is 3. The first-order chi connectivity index (χ1) is 16.3. The molecule has 0 bridgehead atoms. The Kier molecular flexibility index (Phi) is 7.14. The molecule has 1 aliphatic rings. The van der Waals surface area contributed by atoms with Gasteiger partial charge in [0.1, 0.15) is 18.4 Å². The van der Waals surface area contributed by atoms with Gasteiger partial charge in [0.25, 0.3) is 0 Å². The second-order valence-corrected chi connectivity index (χ2v) is 8.04. The minimum absolute atomic E-state index is 0.140. The van der Waals surface area contributed by atoms with Crippen LogP contribution in [0.1, 0.15) is 30.0 Å². The van der Waals surface area contributed by atoms with Crippen LogP contribution in [0.2, 0.25) is 0 Å². The van der Waals surface area contributed by atoms with Crippen molar-refractivity contribution >= 4 is 0 Å². The molecule has 1 aromatic heterocycles. The van der Waals surface area contributed by atoms with E-state index in [1.54, 1.807) is 18.2 Å². The molecular weight excluding hydrogens is 447 g/mol. The Morgan fingerprint density at radius 2 is 1.88 bits per heavy atom. The number of hydrogen-bond donors (Lipinski definition) is 0. The van der Waals surface area contributed by atoms with Crippen molar-refractivity contribution in [1.29, 1.82) is 5.26 Å². The second-order valence-electron chi connectivity index (χ2n) is 8.04. The maximum absolute atomic E-state index is 13.0. The van der Waals surface area contributed by atoms with Crippen LogP contribution >= 0.6 is 0 Å². The molecule has 1 fully saturated rings. The van der Waals surface area contributed by atoms with Crippen molar-refractivity contribution in [3.05, 3.63) is 65.5 Å². The molecule has 2 aromatic carbocycles. The van der Waals surface area contributed by atoms with Crippen LogP contribution in [0.3, 0.4) is 0 Å². The molecule has 3 aromatic rings. The van der Waals surface area contributed by atoms with Crippen LogP contribution in [-0.4, -0.2) is 59.3 Å². The van der Waals surface area contributed by atoms with Crippen molar-refractivity contribution in [2.75, 3.05) is 39.3 Å². The maximum Gasteiger partial charge on any atom is 0.416 e. The van der Waals surface area contributed by atoms with Gasteiger partial charge in [-0.25, -0.2) is 0 Å². The lowest BCUT2D eigenvalue weighted by Gasteiger charge is -2.36. The summed E-state index contributed by atoms with van der Waals surface area (Å²) < 4.78 is 50.1. The lowest BCUT2D eigenvalue weighted by Crippen LogP contribution is -2.48. The molecule has 0 N–H and O–H groups in total. The highest BCUT2D eigenvalue weighted by Crippen LogP contribution is 2.32. The summed E-state index contributed by atoms with van der Waals surface area (Å²) in [7, 11) is 0. The molecule has 7 nitrogen and oxygen atoms in total. The molecule has 34 heavy (non-hydrogen) atoms. The molecule has 4 rings (SSSR count). The summed E-state index contributed by atoms with van der Waals surface area (Å²) in [5.74, 6) is 1.10. The van der Waals surface area contributed by atoms with E-state index in [-0.39, 0.29) is 17.4 Å². The average molecular weight is 471 g/mol. The van der Waals surface area contributed by atoms with Crippen molar-refractivity contribution in [2.24, 2.45) is 0 Å². The number of benzene rings is 2. The van der Waals surface area contributed by atoms with Gasteiger partial charge in [-0.1, -0.05) is 29.4 Å². The number of para-hydroxylation sites is 1. The largest absolute Gasteiger partial charge is 0.491 e. The van der Waals surface area contributed by atoms with E-state index in [1.165, 1.54) is 12.1 Å². The predicted molar refractivity (Wildman–Crippen MR) is 118 cm³/mol. The molecule has 0 aliphatic carbocycles. The summed E-state index contributed by atoms with van der Waals surface area (Å²) in [5, 5.41) is 13.0. The molecule has 0 amide bonds. The summed E-state index contributed by atoms with van der Waals surface area (Å²) in [5.41, 5.74) is 0.0330. The lowest BCUT2D eigenvalue weighted by atomic mass is 10.1. The summed E-state index contributed by atoms with van der Waals surface area (Å²) in [4.78, 5) is 8.83. The standard InChI is InChI=1S/C24H24F3N5O2/c1-17(23-29-22(30-34-23)18-6-4-7-20(15-18)24(25,26)27)32-11-9-31(10-12-32)13-14-33-21-8-3-2-5-19(21)16-28/h2-8,15,17H,9-14H2,1H3. The summed E-state index contributed by atoms with van der Waals surface area (Å²) in [6.07, 6.45) is -4.43. The molecule has 178 valence electrons. The SMILES string of the molecule is CC(c1nc(-c2cccc(C(F)(F)F)c2)no1)N1CCN(CCOc2ccccc2C#N)CC1. The number of nitrogens with zero attached hydrogens (tertiary/aromatic N) is 5. The first-order valence-electron chi connectivity index (χ1n) is 10.9. The van der Waals surface area contributed by atoms with Crippen LogP contribution in [0.15, 0.2) is 53.1 Å². The van der Waals surface area contributed by atoms with E-state index in [1.807, 2.05) is 13.0 Å². The maximum atomic E-state index is 13.0. The normalized spacial score (nSPS) is 16.2. The number of hydrogen-bond acceptors (Lipinski definition) is 7. The van der Waals surface area contributed by atoms with Crippen LogP contribution in [0.5, 0.6) is 5.75 Å². The van der Waals surface area contributed by atoms with E-state index >= 15 is 0 Å². The first kappa shape index (κ1) is 23.7. The zero-order valence-electron chi connectivity index (χ0n) is 18.6. The third kappa shape index (κ3) is 5.55. The number of nitriles is 1. The summed E-state index contributed by atoms with van der Waals surface area (Å²) in [6.45, 7) is 6.36. The molecular formula is C24H24F3N5O2. The molecule has 1 saturated heterocycles. The van der Waals surface area contributed by atoms with Crippen molar-refractivity contribution < 1.29 is 22.4 Å². The molecule has 0 spiro atoms. The van der Waals surface area contributed by atoms with E-state index in [0.717, 1.165) is 44.9 Å². The number of halogens is 3. The van der Waals surface area contributed by atoms with Gasteiger partial charge in [0.05, 0.1) is 17.2 Å². The molecule has 1 unspecified atom stereocenters. The number of ether oxygens (including phenoxy) is 1. The topological polar surface area (TPSA) is 78.4 Å². The Labute approximate surface area is 195 Å². The van der Waals surface area contributed by atoms with Gasteiger partial charge < -0.3 is 9.26 Å². The van der Waals surface area contributed by atoms with Crippen LogP contribution in [0, 0.1) is 11.3 Å². The number of rotatable bonds is 7. The van der Waals surface area contributed by atoms with Gasteiger partial charge in [0.2, 0.25) is 11.7 Å². The van der Waals surface area contributed by atoms with Crippen molar-refractivity contribution in [2.45, 2.75) is 19.1 Å². The van der Waals surface area contributed by atoms with Crippen molar-refractivity contribution in [3.63, 3.8) is 0 Å². The molecule has 0 saturated carbocycles. The molecule has 0 radical (unpaired) electrons. The highest BCUT2D eigenvalue weighted by atomic mass is 19.4. The van der Waals surface area contributed by atoms with Gasteiger partial charge in [-0.2, -0.15) is 23.4 Å². The first-order valence-corrected chi connectivity index (χ1v) is 10.9. The van der Waals surface area contributed by atoms with Crippen LogP contribution < -0.4 is 4.74 Å². The zero-order chi connectivity index (χ0) is 24.1. The highest BCUT2D eigenvalue weighted by Gasteiger charge is 2.31. The van der Waals surface area contributed by atoms with Gasteiger partial charge in [-0.15, -0.1) is 0 Å². The van der Waals surface area contributed by atoms with Crippen LogP contribution in [0.4, 0.5) is 13.2 Å².